The van der Waals surface area contributed by atoms with Crippen molar-refractivity contribution in [3.05, 3.63) is 77.1 Å². The first-order valence-corrected chi connectivity index (χ1v) is 10.00. The molecule has 0 bridgehead atoms. The number of carbonyl (C=O) groups excluding carboxylic acids is 3. The van der Waals surface area contributed by atoms with Crippen LogP contribution in [0.3, 0.4) is 0 Å². The number of H-pyrrole nitrogens is 1. The van der Waals surface area contributed by atoms with Crippen molar-refractivity contribution in [1.82, 2.24) is 4.98 Å². The maximum Gasteiger partial charge on any atom is 0.344 e. The van der Waals surface area contributed by atoms with E-state index in [1.165, 1.54) is 13.8 Å². The molecule has 0 aliphatic heterocycles. The molecule has 6 nitrogen and oxygen atoms in total. The molecule has 31 heavy (non-hydrogen) atoms. The number of aromatic amines is 1. The van der Waals surface area contributed by atoms with Crippen LogP contribution in [0.1, 0.15) is 46.0 Å². The molecule has 0 fully saturated rings. The number of esters is 1. The first-order valence-electron chi connectivity index (χ1n) is 10.00. The standard InChI is InChI=1S/C25H25NO5/c1-15-23(17(3)27)16(2)26-24(15)25(29)18(4)31-22(28)14-30-21-12-10-20(11-13-21)19-8-6-5-7-9-19/h5-13,18,26H,14H2,1-4H3/t18-/m1/s1. The molecule has 1 heterocycles. The molecule has 3 aromatic rings. The number of aryl methyl sites for hydroxylation is 1. The third kappa shape index (κ3) is 5.09. The molecule has 0 unspecified atom stereocenters. The Bertz CT molecular complexity index is 1100. The summed E-state index contributed by atoms with van der Waals surface area (Å²) in [7, 11) is 0. The van der Waals surface area contributed by atoms with Crippen molar-refractivity contribution in [2.75, 3.05) is 6.61 Å². The van der Waals surface area contributed by atoms with Gasteiger partial charge in [-0.3, -0.25) is 9.59 Å². The van der Waals surface area contributed by atoms with Crippen molar-refractivity contribution in [2.24, 2.45) is 0 Å². The van der Waals surface area contributed by atoms with Gasteiger partial charge in [-0.15, -0.1) is 0 Å². The van der Waals surface area contributed by atoms with Gasteiger partial charge in [-0.05, 0) is 56.5 Å². The van der Waals surface area contributed by atoms with Crippen LogP contribution in [0.15, 0.2) is 54.6 Å². The predicted octanol–water partition coefficient (Wildman–Crippen LogP) is 4.69. The number of benzene rings is 2. The molecule has 2 aromatic carbocycles. The molecule has 1 N–H and O–H groups in total. The fraction of sp³-hybridized carbons (Fsp3) is 0.240. The van der Waals surface area contributed by atoms with E-state index in [9.17, 15) is 14.4 Å². The highest BCUT2D eigenvalue weighted by Crippen LogP contribution is 2.23. The topological polar surface area (TPSA) is 85.5 Å². The van der Waals surface area contributed by atoms with Gasteiger partial charge in [-0.1, -0.05) is 42.5 Å². The van der Waals surface area contributed by atoms with Gasteiger partial charge in [0, 0.05) is 11.3 Å². The SMILES string of the molecule is CC(=O)c1c(C)[nH]c(C(=O)[C@@H](C)OC(=O)COc2ccc(-c3ccccc3)cc2)c1C. The second-order valence-electron chi connectivity index (χ2n) is 7.36. The Balaban J connectivity index is 1.56. The van der Waals surface area contributed by atoms with Crippen LogP contribution in [0.25, 0.3) is 11.1 Å². The molecule has 6 heteroatoms. The number of Topliss-reactive ketones (excluding diaryl/α,β-unsaturated/α-hetero) is 2. The molecule has 0 aliphatic rings. The van der Waals surface area contributed by atoms with Crippen LogP contribution in [-0.2, 0) is 9.53 Å². The largest absolute Gasteiger partial charge is 0.482 e. The van der Waals surface area contributed by atoms with Crippen LogP contribution < -0.4 is 4.74 Å². The molecule has 0 aliphatic carbocycles. The smallest absolute Gasteiger partial charge is 0.344 e. The number of hydrogen-bond acceptors (Lipinski definition) is 5. The maximum absolute atomic E-state index is 12.7. The van der Waals surface area contributed by atoms with Gasteiger partial charge in [-0.25, -0.2) is 4.79 Å². The number of ether oxygens (including phenoxy) is 2. The minimum atomic E-state index is -1.01. The average Bonchev–Trinajstić information content (AvgIpc) is 3.06. The van der Waals surface area contributed by atoms with E-state index in [0.29, 0.717) is 22.6 Å². The van der Waals surface area contributed by atoms with E-state index in [1.807, 2.05) is 42.5 Å². The Kier molecular flexibility index (Phi) is 6.70. The number of rotatable bonds is 8. The molecule has 3 rings (SSSR count). The van der Waals surface area contributed by atoms with E-state index in [4.69, 9.17) is 9.47 Å². The zero-order chi connectivity index (χ0) is 22.5. The third-order valence-electron chi connectivity index (χ3n) is 5.03. The molecule has 160 valence electrons. The first-order chi connectivity index (χ1) is 14.8. The highest BCUT2D eigenvalue weighted by atomic mass is 16.6. The first kappa shape index (κ1) is 22.0. The number of hydrogen-bond donors (Lipinski definition) is 1. The maximum atomic E-state index is 12.7. The lowest BCUT2D eigenvalue weighted by Crippen LogP contribution is -2.28. The molecule has 0 radical (unpaired) electrons. The van der Waals surface area contributed by atoms with E-state index >= 15 is 0 Å². The summed E-state index contributed by atoms with van der Waals surface area (Å²) >= 11 is 0. The van der Waals surface area contributed by atoms with Gasteiger partial charge >= 0.3 is 5.97 Å². The van der Waals surface area contributed by atoms with Crippen molar-refractivity contribution in [3.63, 3.8) is 0 Å². The Morgan fingerprint density at radius 1 is 0.935 bits per heavy atom. The summed E-state index contributed by atoms with van der Waals surface area (Å²) in [4.78, 5) is 39.5. The molecule has 0 amide bonds. The Labute approximate surface area is 181 Å². The highest BCUT2D eigenvalue weighted by Gasteiger charge is 2.26. The van der Waals surface area contributed by atoms with Crippen LogP contribution in [0.5, 0.6) is 5.75 Å². The molecule has 0 saturated heterocycles. The Morgan fingerprint density at radius 2 is 1.55 bits per heavy atom. The van der Waals surface area contributed by atoms with Gasteiger partial charge in [0.25, 0.3) is 0 Å². The zero-order valence-corrected chi connectivity index (χ0v) is 18.0. The lowest BCUT2D eigenvalue weighted by Gasteiger charge is -2.13. The zero-order valence-electron chi connectivity index (χ0n) is 18.0. The van der Waals surface area contributed by atoms with Crippen molar-refractivity contribution in [1.29, 1.82) is 0 Å². The number of nitrogens with one attached hydrogen (secondary N) is 1. The van der Waals surface area contributed by atoms with Crippen molar-refractivity contribution >= 4 is 17.5 Å². The molecule has 0 spiro atoms. The van der Waals surface area contributed by atoms with Gasteiger partial charge in [-0.2, -0.15) is 0 Å². The summed E-state index contributed by atoms with van der Waals surface area (Å²) in [6.45, 7) is 6.06. The average molecular weight is 419 g/mol. The van der Waals surface area contributed by atoms with E-state index in [0.717, 1.165) is 11.1 Å². The lowest BCUT2D eigenvalue weighted by molar-refractivity contribution is -0.148. The van der Waals surface area contributed by atoms with E-state index in [2.05, 4.69) is 4.98 Å². The summed E-state index contributed by atoms with van der Waals surface area (Å²) < 4.78 is 10.7. The number of aromatic nitrogens is 1. The van der Waals surface area contributed by atoms with Gasteiger partial charge in [0.1, 0.15) is 5.75 Å². The van der Waals surface area contributed by atoms with Gasteiger partial charge in [0.2, 0.25) is 5.78 Å². The van der Waals surface area contributed by atoms with Crippen LogP contribution in [0, 0.1) is 13.8 Å². The quantitative estimate of drug-likeness (QED) is 0.423. The fourth-order valence-corrected chi connectivity index (χ4v) is 3.53. The number of carbonyl (C=O) groups is 3. The highest BCUT2D eigenvalue weighted by molar-refractivity contribution is 6.05. The van der Waals surface area contributed by atoms with Crippen molar-refractivity contribution < 1.29 is 23.9 Å². The summed E-state index contributed by atoms with van der Waals surface area (Å²) in [6, 6.07) is 17.3. The Morgan fingerprint density at radius 3 is 2.13 bits per heavy atom. The monoisotopic (exact) mass is 419 g/mol. The lowest BCUT2D eigenvalue weighted by atomic mass is 10.0. The summed E-state index contributed by atoms with van der Waals surface area (Å²) in [6.07, 6.45) is -1.01. The van der Waals surface area contributed by atoms with Gasteiger partial charge in [0.15, 0.2) is 18.5 Å². The molecule has 1 atom stereocenters. The molecule has 0 saturated carbocycles. The molecular formula is C25H25NO5. The van der Waals surface area contributed by atoms with E-state index in [-0.39, 0.29) is 18.1 Å². The minimum absolute atomic E-state index is 0.123. The van der Waals surface area contributed by atoms with Crippen LogP contribution in [0.2, 0.25) is 0 Å². The van der Waals surface area contributed by atoms with E-state index < -0.39 is 17.9 Å². The summed E-state index contributed by atoms with van der Waals surface area (Å²) in [5, 5.41) is 0. The van der Waals surface area contributed by atoms with Crippen LogP contribution in [0.4, 0.5) is 0 Å². The second-order valence-corrected chi connectivity index (χ2v) is 7.36. The number of ketones is 2. The van der Waals surface area contributed by atoms with Crippen molar-refractivity contribution in [2.45, 2.75) is 33.8 Å². The molecular weight excluding hydrogens is 394 g/mol. The van der Waals surface area contributed by atoms with Crippen molar-refractivity contribution in [3.8, 4) is 16.9 Å². The Hall–Kier alpha value is -3.67. The molecule has 1 aromatic heterocycles. The van der Waals surface area contributed by atoms with Gasteiger partial charge < -0.3 is 14.5 Å². The normalized spacial score (nSPS) is 11.6. The third-order valence-corrected chi connectivity index (χ3v) is 5.03. The predicted molar refractivity (Wildman–Crippen MR) is 118 cm³/mol. The fourth-order valence-electron chi connectivity index (χ4n) is 3.53. The van der Waals surface area contributed by atoms with Gasteiger partial charge in [0.05, 0.1) is 5.69 Å². The summed E-state index contributed by atoms with van der Waals surface area (Å²) in [5.74, 6) is -0.645. The van der Waals surface area contributed by atoms with Crippen LogP contribution in [-0.4, -0.2) is 35.2 Å². The van der Waals surface area contributed by atoms with E-state index in [1.54, 1.807) is 26.0 Å². The minimum Gasteiger partial charge on any atom is -0.482 e. The second kappa shape index (κ2) is 9.43. The van der Waals surface area contributed by atoms with Crippen LogP contribution >= 0.6 is 0 Å². The summed E-state index contributed by atoms with van der Waals surface area (Å²) in [5.41, 5.74) is 4.08.